The van der Waals surface area contributed by atoms with Crippen LogP contribution in [0, 0.1) is 6.92 Å². The van der Waals surface area contributed by atoms with Gasteiger partial charge in [-0.05, 0) is 64.5 Å². The molecule has 124 valence electrons. The molecule has 2 aromatic rings. The number of ether oxygens (including phenoxy) is 1. The number of isocyanates is 1. The fourth-order valence-corrected chi connectivity index (χ4v) is 4.10. The van der Waals surface area contributed by atoms with Gasteiger partial charge in [0.25, 0.3) is 0 Å². The molecule has 1 fully saturated rings. The molecular formula is C20H20BrNO2. The Balaban J connectivity index is 1.87. The minimum atomic E-state index is -0.410. The van der Waals surface area contributed by atoms with Crippen LogP contribution in [0.3, 0.4) is 0 Å². The normalized spacial score (nSPS) is 15.8. The van der Waals surface area contributed by atoms with Gasteiger partial charge in [-0.15, -0.1) is 0 Å². The minimum Gasteiger partial charge on any atom is -0.487 e. The smallest absolute Gasteiger partial charge is 0.235 e. The highest BCUT2D eigenvalue weighted by Crippen LogP contribution is 2.45. The highest BCUT2D eigenvalue weighted by Gasteiger charge is 2.36. The first-order chi connectivity index (χ1) is 11.6. The number of aryl methyl sites for hydroxylation is 1. The van der Waals surface area contributed by atoms with Crippen LogP contribution in [0.5, 0.6) is 5.75 Å². The molecule has 0 spiro atoms. The standard InChI is InChI=1S/C20H20BrNO2/c1-15-11-17(20(22-14-23)9-5-6-10-20)12-18(21)19(15)24-13-16-7-3-2-4-8-16/h2-4,7-8,11-12H,5-6,9-10,13H2,1H3. The lowest BCUT2D eigenvalue weighted by Gasteiger charge is -2.24. The predicted molar refractivity (Wildman–Crippen MR) is 97.9 cm³/mol. The molecule has 0 amide bonds. The monoisotopic (exact) mass is 385 g/mol. The molecule has 0 aliphatic heterocycles. The van der Waals surface area contributed by atoms with E-state index in [0.717, 1.165) is 52.6 Å². The number of hydrogen-bond acceptors (Lipinski definition) is 3. The number of halogens is 1. The first-order valence-corrected chi connectivity index (χ1v) is 9.00. The Hall–Kier alpha value is -1.90. The van der Waals surface area contributed by atoms with Crippen molar-refractivity contribution in [1.29, 1.82) is 0 Å². The fraction of sp³-hybridized carbons (Fsp3) is 0.350. The molecule has 2 aromatic carbocycles. The zero-order valence-electron chi connectivity index (χ0n) is 13.7. The lowest BCUT2D eigenvalue weighted by atomic mass is 9.88. The van der Waals surface area contributed by atoms with E-state index in [9.17, 15) is 4.79 Å². The Labute approximate surface area is 150 Å². The molecule has 0 bridgehead atoms. The Kier molecular flexibility index (Phi) is 5.17. The van der Waals surface area contributed by atoms with E-state index in [2.05, 4.69) is 27.0 Å². The first kappa shape index (κ1) is 16.9. The Morgan fingerprint density at radius 3 is 2.54 bits per heavy atom. The van der Waals surface area contributed by atoms with Gasteiger partial charge in [0.1, 0.15) is 12.4 Å². The molecule has 0 unspecified atom stereocenters. The van der Waals surface area contributed by atoms with Crippen molar-refractivity contribution in [3.8, 4) is 5.75 Å². The molecule has 0 aromatic heterocycles. The molecule has 0 radical (unpaired) electrons. The summed E-state index contributed by atoms with van der Waals surface area (Å²) in [4.78, 5) is 15.1. The number of nitrogens with zero attached hydrogens (tertiary/aromatic N) is 1. The molecular weight excluding hydrogens is 366 g/mol. The third kappa shape index (κ3) is 3.45. The van der Waals surface area contributed by atoms with E-state index in [0.29, 0.717) is 6.61 Å². The van der Waals surface area contributed by atoms with Crippen molar-refractivity contribution < 1.29 is 9.53 Å². The molecule has 24 heavy (non-hydrogen) atoms. The summed E-state index contributed by atoms with van der Waals surface area (Å²) in [6.07, 6.45) is 5.76. The van der Waals surface area contributed by atoms with E-state index in [-0.39, 0.29) is 0 Å². The third-order valence-corrected chi connectivity index (χ3v) is 5.27. The highest BCUT2D eigenvalue weighted by atomic mass is 79.9. The lowest BCUT2D eigenvalue weighted by molar-refractivity contribution is 0.301. The van der Waals surface area contributed by atoms with Crippen LogP contribution >= 0.6 is 15.9 Å². The highest BCUT2D eigenvalue weighted by molar-refractivity contribution is 9.10. The molecule has 0 atom stereocenters. The largest absolute Gasteiger partial charge is 0.487 e. The van der Waals surface area contributed by atoms with Crippen LogP contribution in [0.25, 0.3) is 0 Å². The number of rotatable bonds is 5. The average molecular weight is 386 g/mol. The van der Waals surface area contributed by atoms with E-state index in [1.54, 1.807) is 6.08 Å². The van der Waals surface area contributed by atoms with Crippen LogP contribution < -0.4 is 4.74 Å². The molecule has 0 N–H and O–H groups in total. The van der Waals surface area contributed by atoms with Gasteiger partial charge in [-0.1, -0.05) is 43.2 Å². The van der Waals surface area contributed by atoms with Crippen LogP contribution in [-0.4, -0.2) is 6.08 Å². The predicted octanol–water partition coefficient (Wildman–Crippen LogP) is 5.44. The van der Waals surface area contributed by atoms with Gasteiger partial charge in [0.15, 0.2) is 0 Å². The quantitative estimate of drug-likeness (QED) is 0.507. The van der Waals surface area contributed by atoms with Gasteiger partial charge in [-0.2, -0.15) is 4.99 Å². The maximum absolute atomic E-state index is 10.9. The number of benzene rings is 2. The molecule has 4 heteroatoms. The number of hydrogen-bond donors (Lipinski definition) is 0. The molecule has 0 heterocycles. The number of aliphatic imine (C=N–C) groups is 1. The third-order valence-electron chi connectivity index (χ3n) is 4.68. The van der Waals surface area contributed by atoms with Crippen LogP contribution in [0.15, 0.2) is 51.9 Å². The van der Waals surface area contributed by atoms with E-state index in [4.69, 9.17) is 4.74 Å². The Morgan fingerprint density at radius 2 is 1.92 bits per heavy atom. The van der Waals surface area contributed by atoms with E-state index in [1.807, 2.05) is 43.3 Å². The molecule has 3 rings (SSSR count). The summed E-state index contributed by atoms with van der Waals surface area (Å²) in [5, 5.41) is 0. The van der Waals surface area contributed by atoms with Gasteiger partial charge in [0.2, 0.25) is 6.08 Å². The zero-order valence-corrected chi connectivity index (χ0v) is 15.3. The topological polar surface area (TPSA) is 38.7 Å². The maximum Gasteiger partial charge on any atom is 0.235 e. The van der Waals surface area contributed by atoms with Crippen molar-refractivity contribution in [1.82, 2.24) is 0 Å². The molecule has 0 saturated heterocycles. The second-order valence-electron chi connectivity index (χ2n) is 6.32. The molecule has 1 aliphatic carbocycles. The van der Waals surface area contributed by atoms with Gasteiger partial charge < -0.3 is 4.74 Å². The van der Waals surface area contributed by atoms with Crippen LogP contribution in [0.4, 0.5) is 0 Å². The SMILES string of the molecule is Cc1cc(C2(N=C=O)CCCC2)cc(Br)c1OCc1ccccc1. The second-order valence-corrected chi connectivity index (χ2v) is 7.17. The van der Waals surface area contributed by atoms with Crippen molar-refractivity contribution in [2.45, 2.75) is 44.8 Å². The van der Waals surface area contributed by atoms with Crippen molar-refractivity contribution in [3.05, 3.63) is 63.6 Å². The van der Waals surface area contributed by atoms with Crippen molar-refractivity contribution in [3.63, 3.8) is 0 Å². The van der Waals surface area contributed by atoms with Crippen LogP contribution in [0.2, 0.25) is 0 Å². The summed E-state index contributed by atoms with van der Waals surface area (Å²) in [5.41, 5.74) is 2.83. The van der Waals surface area contributed by atoms with Crippen LogP contribution in [-0.2, 0) is 16.9 Å². The summed E-state index contributed by atoms with van der Waals surface area (Å²) >= 11 is 3.63. The summed E-state index contributed by atoms with van der Waals surface area (Å²) in [6.45, 7) is 2.55. The molecule has 1 aliphatic rings. The zero-order chi connectivity index (χ0) is 17.0. The minimum absolute atomic E-state index is 0.410. The lowest BCUT2D eigenvalue weighted by Crippen LogP contribution is -2.19. The fourth-order valence-electron chi connectivity index (χ4n) is 3.42. The van der Waals surface area contributed by atoms with E-state index in [1.165, 1.54) is 0 Å². The van der Waals surface area contributed by atoms with Gasteiger partial charge in [-0.25, -0.2) is 4.79 Å². The van der Waals surface area contributed by atoms with Crippen LogP contribution in [0.1, 0.15) is 42.4 Å². The molecule has 1 saturated carbocycles. The number of carbonyl (C=O) groups excluding carboxylic acids is 1. The Morgan fingerprint density at radius 1 is 1.21 bits per heavy atom. The van der Waals surface area contributed by atoms with Crippen molar-refractivity contribution >= 4 is 22.0 Å². The first-order valence-electron chi connectivity index (χ1n) is 8.21. The van der Waals surface area contributed by atoms with Gasteiger partial charge in [-0.3, -0.25) is 0 Å². The van der Waals surface area contributed by atoms with E-state index < -0.39 is 5.54 Å². The maximum atomic E-state index is 10.9. The van der Waals surface area contributed by atoms with E-state index >= 15 is 0 Å². The van der Waals surface area contributed by atoms with Crippen molar-refractivity contribution in [2.75, 3.05) is 0 Å². The summed E-state index contributed by atoms with van der Waals surface area (Å²) < 4.78 is 6.91. The Bertz CT molecular complexity index is 737. The average Bonchev–Trinajstić information content (AvgIpc) is 3.05. The molecule has 3 nitrogen and oxygen atoms in total. The van der Waals surface area contributed by atoms with Gasteiger partial charge in [0, 0.05) is 0 Å². The summed E-state index contributed by atoms with van der Waals surface area (Å²) in [6, 6.07) is 14.2. The second kappa shape index (κ2) is 7.33. The summed E-state index contributed by atoms with van der Waals surface area (Å²) in [5.74, 6) is 0.839. The van der Waals surface area contributed by atoms with Gasteiger partial charge in [0.05, 0.1) is 10.0 Å². The van der Waals surface area contributed by atoms with Crippen molar-refractivity contribution in [2.24, 2.45) is 4.99 Å². The summed E-state index contributed by atoms with van der Waals surface area (Å²) in [7, 11) is 0. The van der Waals surface area contributed by atoms with Gasteiger partial charge >= 0.3 is 0 Å².